The van der Waals surface area contributed by atoms with Crippen molar-refractivity contribution in [2.75, 3.05) is 20.1 Å². The first-order valence-corrected chi connectivity index (χ1v) is 5.48. The van der Waals surface area contributed by atoms with E-state index in [-0.39, 0.29) is 18.4 Å². The average molecular weight is 230 g/mol. The van der Waals surface area contributed by atoms with Crippen LogP contribution >= 0.6 is 12.4 Å². The van der Waals surface area contributed by atoms with Gasteiger partial charge in [-0.1, -0.05) is 0 Å². The first kappa shape index (κ1) is 13.1. The summed E-state index contributed by atoms with van der Waals surface area (Å²) >= 11 is 0. The highest BCUT2D eigenvalue weighted by atomic mass is 35.5. The van der Waals surface area contributed by atoms with Gasteiger partial charge in [-0.15, -0.1) is 12.4 Å². The van der Waals surface area contributed by atoms with Gasteiger partial charge in [0.2, 0.25) is 0 Å². The Bertz CT molecular complexity index is 238. The summed E-state index contributed by atoms with van der Waals surface area (Å²) < 4.78 is 23.1. The molecule has 5 nitrogen and oxygen atoms in total. The van der Waals surface area contributed by atoms with Gasteiger partial charge >= 0.3 is 0 Å². The minimum atomic E-state index is -3.50. The molecule has 1 rings (SSSR count). The Hall–Kier alpha value is 0.120. The quantitative estimate of drug-likeness (QED) is 0.657. The third-order valence-electron chi connectivity index (χ3n) is 2.22. The lowest BCUT2D eigenvalue weighted by Crippen LogP contribution is -2.46. The Morgan fingerprint density at radius 3 is 2.23 bits per heavy atom. The smallest absolute Gasteiger partial charge is 0.276 e. The van der Waals surface area contributed by atoms with E-state index in [9.17, 15) is 8.42 Å². The summed E-state index contributed by atoms with van der Waals surface area (Å²) in [5.74, 6) is 0. The minimum absolute atomic E-state index is 0. The maximum Gasteiger partial charge on any atom is 0.276 e. The number of hydrogen-bond donors (Lipinski definition) is 2. The van der Waals surface area contributed by atoms with Gasteiger partial charge in [-0.25, -0.2) is 5.14 Å². The van der Waals surface area contributed by atoms with Crippen LogP contribution in [0.2, 0.25) is 0 Å². The topological polar surface area (TPSA) is 75.4 Å². The summed E-state index contributed by atoms with van der Waals surface area (Å²) in [4.78, 5) is 0. The zero-order valence-corrected chi connectivity index (χ0v) is 9.20. The predicted molar refractivity (Wildman–Crippen MR) is 54.0 cm³/mol. The highest BCUT2D eigenvalue weighted by molar-refractivity contribution is 7.86. The molecule has 0 unspecified atom stereocenters. The number of nitrogens with one attached hydrogen (secondary N) is 1. The molecule has 0 radical (unpaired) electrons. The van der Waals surface area contributed by atoms with Gasteiger partial charge in [-0.3, -0.25) is 0 Å². The predicted octanol–water partition coefficient (Wildman–Crippen LogP) is -0.704. The fourth-order valence-electron chi connectivity index (χ4n) is 1.38. The van der Waals surface area contributed by atoms with Gasteiger partial charge < -0.3 is 5.32 Å². The second kappa shape index (κ2) is 5.11. The Kier molecular flexibility index (Phi) is 5.16. The van der Waals surface area contributed by atoms with Crippen molar-refractivity contribution in [1.29, 1.82) is 0 Å². The van der Waals surface area contributed by atoms with E-state index in [2.05, 4.69) is 5.32 Å². The number of rotatable bonds is 2. The maximum absolute atomic E-state index is 10.9. The van der Waals surface area contributed by atoms with E-state index < -0.39 is 10.2 Å². The van der Waals surface area contributed by atoms with Crippen LogP contribution in [0.1, 0.15) is 12.8 Å². The van der Waals surface area contributed by atoms with Gasteiger partial charge in [0.05, 0.1) is 0 Å². The van der Waals surface area contributed by atoms with Crippen LogP contribution in [0.5, 0.6) is 0 Å². The van der Waals surface area contributed by atoms with E-state index in [1.54, 1.807) is 0 Å². The molecule has 0 saturated carbocycles. The molecular weight excluding hydrogens is 214 g/mol. The average Bonchev–Trinajstić information content (AvgIpc) is 2.03. The first-order valence-electron chi connectivity index (χ1n) is 3.98. The number of nitrogens with two attached hydrogens (primary N) is 1. The molecular formula is C6H16ClN3O2S. The lowest BCUT2D eigenvalue weighted by molar-refractivity contribution is 0.296. The van der Waals surface area contributed by atoms with Gasteiger partial charge in [-0.05, 0) is 25.9 Å². The molecule has 0 atom stereocenters. The van der Waals surface area contributed by atoms with E-state index in [0.717, 1.165) is 25.9 Å². The van der Waals surface area contributed by atoms with Crippen molar-refractivity contribution in [3.63, 3.8) is 0 Å². The van der Waals surface area contributed by atoms with E-state index in [1.807, 2.05) is 0 Å². The molecule has 0 aromatic carbocycles. The fourth-order valence-corrected chi connectivity index (χ4v) is 2.00. The molecule has 1 saturated heterocycles. The number of hydrogen-bond acceptors (Lipinski definition) is 3. The van der Waals surface area contributed by atoms with Crippen LogP contribution in [0.15, 0.2) is 0 Å². The van der Waals surface area contributed by atoms with Gasteiger partial charge in [0.25, 0.3) is 10.2 Å². The van der Waals surface area contributed by atoms with Crippen LogP contribution in [-0.2, 0) is 10.2 Å². The van der Waals surface area contributed by atoms with Gasteiger partial charge in [-0.2, -0.15) is 12.7 Å². The Labute approximate surface area is 85.3 Å². The maximum atomic E-state index is 10.9. The molecule has 1 fully saturated rings. The second-order valence-corrected chi connectivity index (χ2v) is 4.65. The van der Waals surface area contributed by atoms with Crippen molar-refractivity contribution in [3.8, 4) is 0 Å². The molecule has 1 aliphatic rings. The molecule has 1 aliphatic heterocycles. The molecule has 1 heterocycles. The summed E-state index contributed by atoms with van der Waals surface area (Å²) in [5, 5.41) is 8.15. The van der Waals surface area contributed by atoms with Crippen molar-refractivity contribution in [1.82, 2.24) is 9.62 Å². The molecule has 0 bridgehead atoms. The van der Waals surface area contributed by atoms with Gasteiger partial charge in [0, 0.05) is 13.1 Å². The van der Waals surface area contributed by atoms with Crippen LogP contribution < -0.4 is 10.5 Å². The first-order chi connectivity index (χ1) is 5.52. The van der Waals surface area contributed by atoms with E-state index in [0.29, 0.717) is 0 Å². The second-order valence-electron chi connectivity index (χ2n) is 3.04. The van der Waals surface area contributed by atoms with Crippen LogP contribution in [0.4, 0.5) is 0 Å². The van der Waals surface area contributed by atoms with Crippen LogP contribution in [0, 0.1) is 0 Å². The summed E-state index contributed by atoms with van der Waals surface area (Å²) in [7, 11) is -1.96. The number of halogens is 1. The van der Waals surface area contributed by atoms with Gasteiger partial charge in [0.1, 0.15) is 0 Å². The SMILES string of the molecule is CN(C1CCNCC1)S(N)(=O)=O.Cl. The Morgan fingerprint density at radius 2 is 1.85 bits per heavy atom. The van der Waals surface area contributed by atoms with Crippen molar-refractivity contribution >= 4 is 22.6 Å². The molecule has 7 heteroatoms. The highest BCUT2D eigenvalue weighted by Crippen LogP contribution is 2.11. The number of piperidine rings is 1. The lowest BCUT2D eigenvalue weighted by atomic mass is 10.1. The molecule has 3 N–H and O–H groups in total. The monoisotopic (exact) mass is 229 g/mol. The van der Waals surface area contributed by atoms with Crippen LogP contribution in [0.3, 0.4) is 0 Å². The third-order valence-corrected chi connectivity index (χ3v) is 3.33. The molecule has 0 aliphatic carbocycles. The summed E-state index contributed by atoms with van der Waals surface area (Å²) in [6.45, 7) is 1.73. The summed E-state index contributed by atoms with van der Waals surface area (Å²) in [5.41, 5.74) is 0. The van der Waals surface area contributed by atoms with Crippen molar-refractivity contribution in [2.24, 2.45) is 5.14 Å². The molecule has 13 heavy (non-hydrogen) atoms. The normalized spacial score (nSPS) is 19.9. The van der Waals surface area contributed by atoms with Crippen molar-refractivity contribution in [2.45, 2.75) is 18.9 Å². The van der Waals surface area contributed by atoms with E-state index in [4.69, 9.17) is 5.14 Å². The molecule has 0 aromatic heterocycles. The molecule has 0 amide bonds. The highest BCUT2D eigenvalue weighted by Gasteiger charge is 2.24. The lowest BCUT2D eigenvalue weighted by Gasteiger charge is -2.29. The third kappa shape index (κ3) is 3.78. The Morgan fingerprint density at radius 1 is 1.38 bits per heavy atom. The van der Waals surface area contributed by atoms with Crippen molar-refractivity contribution in [3.05, 3.63) is 0 Å². The molecule has 80 valence electrons. The number of nitrogens with zero attached hydrogens (tertiary/aromatic N) is 1. The summed E-state index contributed by atoms with van der Waals surface area (Å²) in [6, 6.07) is 0.0706. The van der Waals surface area contributed by atoms with Crippen LogP contribution in [0.25, 0.3) is 0 Å². The molecule has 0 spiro atoms. The zero-order valence-electron chi connectivity index (χ0n) is 7.56. The van der Waals surface area contributed by atoms with Crippen LogP contribution in [-0.4, -0.2) is 38.9 Å². The summed E-state index contributed by atoms with van der Waals surface area (Å²) in [6.07, 6.45) is 1.68. The Balaban J connectivity index is 0.00000144. The zero-order chi connectivity index (χ0) is 9.19. The largest absolute Gasteiger partial charge is 0.317 e. The van der Waals surface area contributed by atoms with Crippen molar-refractivity contribution < 1.29 is 8.42 Å². The fraction of sp³-hybridized carbons (Fsp3) is 1.00. The minimum Gasteiger partial charge on any atom is -0.317 e. The van der Waals surface area contributed by atoms with E-state index in [1.165, 1.54) is 11.4 Å². The van der Waals surface area contributed by atoms with Gasteiger partial charge in [0.15, 0.2) is 0 Å². The van der Waals surface area contributed by atoms with E-state index >= 15 is 0 Å². The molecule has 0 aromatic rings. The standard InChI is InChI=1S/C6H15N3O2S.ClH/c1-9(12(7,10)11)6-2-4-8-5-3-6;/h6,8H,2-5H2,1H3,(H2,7,10,11);1H.